The van der Waals surface area contributed by atoms with Crippen molar-refractivity contribution in [2.24, 2.45) is 0 Å². The fraction of sp³-hybridized carbons (Fsp3) is 0.0769. The fourth-order valence-electron chi connectivity index (χ4n) is 1.50. The molecule has 18 heavy (non-hydrogen) atoms. The van der Waals surface area contributed by atoms with E-state index in [4.69, 9.17) is 0 Å². The number of anilines is 1. The molecule has 0 saturated carbocycles. The zero-order chi connectivity index (χ0) is 13.1. The second kappa shape index (κ2) is 5.80. The first-order valence-corrected chi connectivity index (χ1v) is 6.78. The molecular formula is C13H9Br2F2N. The van der Waals surface area contributed by atoms with Gasteiger partial charge in [-0.25, -0.2) is 8.78 Å². The van der Waals surface area contributed by atoms with Crippen LogP contribution in [0.3, 0.4) is 0 Å². The lowest BCUT2D eigenvalue weighted by atomic mass is 10.2. The van der Waals surface area contributed by atoms with E-state index in [0.717, 1.165) is 16.1 Å². The maximum atomic E-state index is 13.5. The molecule has 1 nitrogen and oxygen atoms in total. The van der Waals surface area contributed by atoms with Gasteiger partial charge in [0, 0.05) is 21.6 Å². The molecule has 0 aromatic heterocycles. The Morgan fingerprint density at radius 1 is 1.00 bits per heavy atom. The second-order valence-corrected chi connectivity index (χ2v) is 5.49. The third-order valence-corrected chi connectivity index (χ3v) is 3.54. The summed E-state index contributed by atoms with van der Waals surface area (Å²) >= 11 is 6.48. The Hall–Kier alpha value is -0.940. The van der Waals surface area contributed by atoms with Gasteiger partial charge in [0.2, 0.25) is 0 Å². The van der Waals surface area contributed by atoms with Gasteiger partial charge in [0.1, 0.15) is 11.6 Å². The third-order valence-electron chi connectivity index (χ3n) is 2.39. The van der Waals surface area contributed by atoms with Crippen LogP contribution in [0.1, 0.15) is 5.56 Å². The molecule has 2 aromatic rings. The van der Waals surface area contributed by atoms with Crippen LogP contribution < -0.4 is 5.32 Å². The summed E-state index contributed by atoms with van der Waals surface area (Å²) < 4.78 is 27.8. The van der Waals surface area contributed by atoms with Gasteiger partial charge in [-0.3, -0.25) is 0 Å². The largest absolute Gasteiger partial charge is 0.378 e. The Morgan fingerprint density at radius 3 is 2.28 bits per heavy atom. The highest BCUT2D eigenvalue weighted by Gasteiger charge is 2.09. The minimum atomic E-state index is -0.612. The predicted octanol–water partition coefficient (Wildman–Crippen LogP) is 5.10. The second-order valence-electron chi connectivity index (χ2n) is 3.72. The zero-order valence-corrected chi connectivity index (χ0v) is 12.4. The summed E-state index contributed by atoms with van der Waals surface area (Å²) in [6, 6.07) is 9.75. The van der Waals surface area contributed by atoms with Crippen molar-refractivity contribution >= 4 is 37.5 Å². The lowest BCUT2D eigenvalue weighted by Gasteiger charge is -2.10. The fourth-order valence-corrected chi connectivity index (χ4v) is 2.32. The Morgan fingerprint density at radius 2 is 1.67 bits per heavy atom. The average molecular weight is 377 g/mol. The molecule has 0 aliphatic carbocycles. The average Bonchev–Trinajstić information content (AvgIpc) is 2.30. The van der Waals surface area contributed by atoms with Gasteiger partial charge in [0.15, 0.2) is 0 Å². The van der Waals surface area contributed by atoms with Gasteiger partial charge in [0.25, 0.3) is 0 Å². The number of nitrogens with one attached hydrogen (secondary N) is 1. The first-order chi connectivity index (χ1) is 8.56. The molecule has 0 saturated heterocycles. The summed E-state index contributed by atoms with van der Waals surface area (Å²) in [5.74, 6) is -1.22. The Bertz CT molecular complexity index is 532. The minimum absolute atomic E-state index is 0.263. The monoisotopic (exact) mass is 375 g/mol. The molecule has 0 atom stereocenters. The van der Waals surface area contributed by atoms with Crippen molar-refractivity contribution in [3.05, 3.63) is 62.5 Å². The first-order valence-electron chi connectivity index (χ1n) is 5.19. The molecule has 94 valence electrons. The Balaban J connectivity index is 2.13. The smallest absolute Gasteiger partial charge is 0.150 e. The first kappa shape index (κ1) is 13.5. The lowest BCUT2D eigenvalue weighted by molar-refractivity contribution is 0.583. The van der Waals surface area contributed by atoms with Gasteiger partial charge in [-0.1, -0.05) is 28.1 Å². The molecular weight excluding hydrogens is 368 g/mol. The Labute approximate surface area is 120 Å². The third kappa shape index (κ3) is 3.29. The van der Waals surface area contributed by atoms with E-state index in [9.17, 15) is 8.78 Å². The van der Waals surface area contributed by atoms with Crippen molar-refractivity contribution in [2.45, 2.75) is 6.54 Å². The number of rotatable bonds is 3. The van der Waals surface area contributed by atoms with Crippen molar-refractivity contribution in [1.82, 2.24) is 0 Å². The molecule has 2 aromatic carbocycles. The lowest BCUT2D eigenvalue weighted by Crippen LogP contribution is -2.02. The molecule has 0 bridgehead atoms. The molecule has 5 heteroatoms. The van der Waals surface area contributed by atoms with Crippen molar-refractivity contribution in [3.8, 4) is 0 Å². The molecule has 0 aliphatic rings. The van der Waals surface area contributed by atoms with E-state index in [1.54, 1.807) is 0 Å². The summed E-state index contributed by atoms with van der Waals surface area (Å²) in [6.07, 6.45) is 0. The van der Waals surface area contributed by atoms with E-state index in [2.05, 4.69) is 37.2 Å². The van der Waals surface area contributed by atoms with Crippen LogP contribution in [0, 0.1) is 11.6 Å². The van der Waals surface area contributed by atoms with E-state index < -0.39 is 11.6 Å². The summed E-state index contributed by atoms with van der Waals surface area (Å²) in [5, 5.41) is 2.94. The summed E-state index contributed by atoms with van der Waals surface area (Å²) in [7, 11) is 0. The summed E-state index contributed by atoms with van der Waals surface area (Å²) in [4.78, 5) is 0. The Kier molecular flexibility index (Phi) is 4.35. The molecule has 0 radical (unpaired) electrons. The zero-order valence-electron chi connectivity index (χ0n) is 9.18. The van der Waals surface area contributed by atoms with E-state index in [0.29, 0.717) is 11.0 Å². The number of hydrogen-bond donors (Lipinski definition) is 1. The van der Waals surface area contributed by atoms with Crippen LogP contribution in [0.25, 0.3) is 0 Å². The predicted molar refractivity (Wildman–Crippen MR) is 75.5 cm³/mol. The van der Waals surface area contributed by atoms with Gasteiger partial charge in [-0.2, -0.15) is 0 Å². The van der Waals surface area contributed by atoms with Crippen LogP contribution in [0.15, 0.2) is 45.3 Å². The van der Waals surface area contributed by atoms with Gasteiger partial charge in [-0.15, -0.1) is 0 Å². The van der Waals surface area contributed by atoms with Crippen molar-refractivity contribution in [2.75, 3.05) is 5.32 Å². The van der Waals surface area contributed by atoms with Crippen molar-refractivity contribution < 1.29 is 8.78 Å². The molecule has 0 amide bonds. The number of halogens is 4. The van der Waals surface area contributed by atoms with E-state index in [1.807, 2.05) is 24.3 Å². The van der Waals surface area contributed by atoms with E-state index in [1.165, 1.54) is 6.07 Å². The molecule has 0 aliphatic heterocycles. The molecule has 0 spiro atoms. The van der Waals surface area contributed by atoms with Crippen LogP contribution in [0.4, 0.5) is 14.5 Å². The summed E-state index contributed by atoms with van der Waals surface area (Å²) in [5.41, 5.74) is 1.27. The summed E-state index contributed by atoms with van der Waals surface area (Å²) in [6.45, 7) is 0.467. The van der Waals surface area contributed by atoms with Gasteiger partial charge < -0.3 is 5.32 Å². The van der Waals surface area contributed by atoms with Gasteiger partial charge in [-0.05, 0) is 39.7 Å². The maximum absolute atomic E-state index is 13.5. The molecule has 1 N–H and O–H groups in total. The number of hydrogen-bond acceptors (Lipinski definition) is 1. The van der Waals surface area contributed by atoms with Crippen molar-refractivity contribution in [1.29, 1.82) is 0 Å². The molecule has 0 unspecified atom stereocenters. The highest BCUT2D eigenvalue weighted by Crippen LogP contribution is 2.27. The molecule has 2 rings (SSSR count). The number of benzene rings is 2. The minimum Gasteiger partial charge on any atom is -0.378 e. The van der Waals surface area contributed by atoms with E-state index in [-0.39, 0.29) is 5.69 Å². The topological polar surface area (TPSA) is 12.0 Å². The normalized spacial score (nSPS) is 10.4. The van der Waals surface area contributed by atoms with Gasteiger partial charge >= 0.3 is 0 Å². The molecule has 0 heterocycles. The maximum Gasteiger partial charge on any atom is 0.150 e. The van der Waals surface area contributed by atoms with Crippen molar-refractivity contribution in [3.63, 3.8) is 0 Å². The highest BCUT2D eigenvalue weighted by atomic mass is 79.9. The SMILES string of the molecule is Fc1cc(F)c(NCc2ccc(Br)cc2)c(Br)c1. The van der Waals surface area contributed by atoms with Crippen LogP contribution in [0.2, 0.25) is 0 Å². The van der Waals surface area contributed by atoms with Crippen LogP contribution in [-0.4, -0.2) is 0 Å². The molecule has 0 fully saturated rings. The van der Waals surface area contributed by atoms with E-state index >= 15 is 0 Å². The standard InChI is InChI=1S/C13H9Br2F2N/c14-9-3-1-8(2-4-9)7-18-13-11(15)5-10(16)6-12(13)17/h1-6,18H,7H2. The van der Waals surface area contributed by atoms with Crippen LogP contribution in [0.5, 0.6) is 0 Å². The highest BCUT2D eigenvalue weighted by molar-refractivity contribution is 9.10. The van der Waals surface area contributed by atoms with Crippen LogP contribution >= 0.6 is 31.9 Å². The quantitative estimate of drug-likeness (QED) is 0.785. The van der Waals surface area contributed by atoms with Crippen LogP contribution in [-0.2, 0) is 6.54 Å². The van der Waals surface area contributed by atoms with Gasteiger partial charge in [0.05, 0.1) is 5.69 Å².